The molecule has 0 saturated carbocycles. The lowest BCUT2D eigenvalue weighted by Crippen LogP contribution is -2.30. The molecule has 0 aromatic heterocycles. The van der Waals surface area contributed by atoms with Crippen molar-refractivity contribution in [1.82, 2.24) is 10.0 Å². The molecule has 3 aromatic carbocycles. The molecule has 3 aromatic rings. The maximum atomic E-state index is 13.1. The quantitative estimate of drug-likeness (QED) is 0.283. The van der Waals surface area contributed by atoms with Gasteiger partial charge in [0.05, 0.1) is 0 Å². The van der Waals surface area contributed by atoms with E-state index < -0.39 is 10.7 Å². The second kappa shape index (κ2) is 11.6. The second-order valence-corrected chi connectivity index (χ2v) is 11.3. The van der Waals surface area contributed by atoms with Crippen LogP contribution in [0.5, 0.6) is 0 Å². The third kappa shape index (κ3) is 6.05. The number of carbonyl (C=O) groups excluding carboxylic acids is 2. The fourth-order valence-electron chi connectivity index (χ4n) is 5.28. The molecule has 1 atom stereocenters. The van der Waals surface area contributed by atoms with Crippen LogP contribution in [0.25, 0.3) is 0 Å². The Kier molecular flexibility index (Phi) is 7.90. The Hall–Kier alpha value is -3.58. The zero-order valence-electron chi connectivity index (χ0n) is 21.2. The molecule has 0 saturated heterocycles. The van der Waals surface area contributed by atoms with Gasteiger partial charge in [-0.1, -0.05) is 47.1 Å². The van der Waals surface area contributed by atoms with Gasteiger partial charge in [-0.15, -0.1) is 0 Å². The van der Waals surface area contributed by atoms with E-state index in [1.807, 2.05) is 42.6 Å². The molecule has 0 bridgehead atoms. The predicted octanol–water partition coefficient (Wildman–Crippen LogP) is 6.21. The summed E-state index contributed by atoms with van der Waals surface area (Å²) >= 11 is 0. The number of aryl methyl sites for hydroxylation is 2. The van der Waals surface area contributed by atoms with Crippen molar-refractivity contribution in [2.45, 2.75) is 56.8 Å². The number of rotatable bonds is 7. The lowest BCUT2D eigenvalue weighted by molar-refractivity contribution is 0.252. The molecule has 6 nitrogen and oxygen atoms in total. The highest BCUT2D eigenvalue weighted by Crippen LogP contribution is 2.38. The van der Waals surface area contributed by atoms with Gasteiger partial charge in [-0.2, -0.15) is 0 Å². The molecule has 0 fully saturated rings. The molecular weight excluding hydrogens is 480 g/mol. The van der Waals surface area contributed by atoms with Gasteiger partial charge in [0.1, 0.15) is 0 Å². The van der Waals surface area contributed by atoms with Crippen LogP contribution in [0.1, 0.15) is 47.6 Å². The standard InChI is InChI=1S/C30H34N4O2S/c1-2-37(34-30(36)33-28-26-12-6-8-22(26)20-23-9-7-13-27(23)28)25-16-14-21(15-17-25)18-19-31-29(35)32-24-10-4-3-5-11-24/h2-5,10-11,14-17,20H,6-9,12-13,18-19H2,1H3,(H2,31,32,35)(H2,33,34,36). The summed E-state index contributed by atoms with van der Waals surface area (Å²) in [5, 5.41) is 11.0. The SMILES string of the molecule is C/C=S(/NC(=O)Nc1c2c(cc3c1CCC3)CCC2)c1ccc(CCNC(=O)Nc2ccccc2)cc1. The molecule has 0 spiro atoms. The summed E-state index contributed by atoms with van der Waals surface area (Å²) < 4.78 is 3.17. The summed E-state index contributed by atoms with van der Waals surface area (Å²) in [5.41, 5.74) is 8.48. The van der Waals surface area contributed by atoms with E-state index in [1.54, 1.807) is 0 Å². The number of fused-ring (bicyclic) bond motifs is 2. The Bertz CT molecular complexity index is 1290. The van der Waals surface area contributed by atoms with Crippen LogP contribution in [0.3, 0.4) is 0 Å². The Morgan fingerprint density at radius 2 is 1.51 bits per heavy atom. The lowest BCUT2D eigenvalue weighted by Gasteiger charge is -2.18. The highest BCUT2D eigenvalue weighted by atomic mass is 32.2. The molecule has 0 radical (unpaired) electrons. The van der Waals surface area contributed by atoms with Gasteiger partial charge in [0.15, 0.2) is 0 Å². The van der Waals surface area contributed by atoms with Crippen molar-refractivity contribution in [2.75, 3.05) is 17.2 Å². The highest BCUT2D eigenvalue weighted by Gasteiger charge is 2.25. The number of nitrogens with one attached hydrogen (secondary N) is 4. The molecule has 4 N–H and O–H groups in total. The summed E-state index contributed by atoms with van der Waals surface area (Å²) in [4.78, 5) is 26.2. The van der Waals surface area contributed by atoms with Crippen molar-refractivity contribution in [3.63, 3.8) is 0 Å². The van der Waals surface area contributed by atoms with E-state index in [1.165, 1.54) is 35.1 Å². The third-order valence-electron chi connectivity index (χ3n) is 7.06. The third-order valence-corrected chi connectivity index (χ3v) is 8.71. The Morgan fingerprint density at radius 3 is 2.16 bits per heavy atom. The first kappa shape index (κ1) is 25.1. The number of urea groups is 2. The first-order valence-electron chi connectivity index (χ1n) is 13.1. The van der Waals surface area contributed by atoms with E-state index >= 15 is 0 Å². The van der Waals surface area contributed by atoms with Crippen LogP contribution in [0.2, 0.25) is 0 Å². The minimum atomic E-state index is -0.506. The van der Waals surface area contributed by atoms with Crippen LogP contribution >= 0.6 is 10.7 Å². The van der Waals surface area contributed by atoms with E-state index in [0.717, 1.165) is 53.9 Å². The highest BCUT2D eigenvalue weighted by molar-refractivity contribution is 8.13. The molecule has 0 heterocycles. The van der Waals surface area contributed by atoms with Gasteiger partial charge in [-0.3, -0.25) is 4.72 Å². The zero-order chi connectivity index (χ0) is 25.6. The van der Waals surface area contributed by atoms with Crippen molar-refractivity contribution in [3.05, 3.63) is 88.5 Å². The first-order chi connectivity index (χ1) is 18.1. The predicted molar refractivity (Wildman–Crippen MR) is 154 cm³/mol. The van der Waals surface area contributed by atoms with Crippen molar-refractivity contribution >= 4 is 39.5 Å². The number of hydrogen-bond acceptors (Lipinski definition) is 2. The molecule has 1 unspecified atom stereocenters. The van der Waals surface area contributed by atoms with Gasteiger partial charge in [-0.05, 0) is 109 Å². The summed E-state index contributed by atoms with van der Waals surface area (Å²) in [6.45, 7) is 2.51. The number of amides is 4. The smallest absolute Gasteiger partial charge is 0.329 e. The molecule has 0 aliphatic heterocycles. The van der Waals surface area contributed by atoms with E-state index in [-0.39, 0.29) is 12.1 Å². The van der Waals surface area contributed by atoms with Crippen molar-refractivity contribution in [3.8, 4) is 0 Å². The lowest BCUT2D eigenvalue weighted by atomic mass is 9.99. The molecule has 5 rings (SSSR count). The van der Waals surface area contributed by atoms with Crippen LogP contribution < -0.4 is 20.7 Å². The molecular formula is C30H34N4O2S. The Morgan fingerprint density at radius 1 is 0.838 bits per heavy atom. The van der Waals surface area contributed by atoms with Crippen molar-refractivity contribution in [1.29, 1.82) is 0 Å². The topological polar surface area (TPSA) is 82.3 Å². The summed E-state index contributed by atoms with van der Waals surface area (Å²) in [5.74, 6) is 0. The second-order valence-electron chi connectivity index (χ2n) is 9.50. The average Bonchev–Trinajstić information content (AvgIpc) is 3.58. The number of hydrogen-bond donors (Lipinski definition) is 4. The van der Waals surface area contributed by atoms with Gasteiger partial charge in [0, 0.05) is 22.8 Å². The van der Waals surface area contributed by atoms with Crippen molar-refractivity contribution in [2.24, 2.45) is 0 Å². The molecule has 2 aliphatic rings. The number of para-hydroxylation sites is 1. The van der Waals surface area contributed by atoms with E-state index in [9.17, 15) is 9.59 Å². The van der Waals surface area contributed by atoms with Gasteiger partial charge in [0.25, 0.3) is 0 Å². The Labute approximate surface area is 221 Å². The number of carbonyl (C=O) groups is 2. The van der Waals surface area contributed by atoms with Crippen LogP contribution in [-0.4, -0.2) is 24.0 Å². The maximum absolute atomic E-state index is 13.1. The molecule has 37 heavy (non-hydrogen) atoms. The van der Waals surface area contributed by atoms with E-state index in [4.69, 9.17) is 0 Å². The minimum Gasteiger partial charge on any atom is -0.338 e. The van der Waals surface area contributed by atoms with Gasteiger partial charge >= 0.3 is 12.1 Å². The van der Waals surface area contributed by atoms with Gasteiger partial charge < -0.3 is 16.0 Å². The van der Waals surface area contributed by atoms with Crippen molar-refractivity contribution < 1.29 is 9.59 Å². The van der Waals surface area contributed by atoms with E-state index in [2.05, 4.69) is 51.0 Å². The first-order valence-corrected chi connectivity index (χ1v) is 14.3. The fraction of sp³-hybridized carbons (Fsp3) is 0.300. The fourth-order valence-corrected chi connectivity index (χ4v) is 6.47. The molecule has 7 heteroatoms. The van der Waals surface area contributed by atoms with Crippen LogP contribution in [0.15, 0.2) is 65.6 Å². The monoisotopic (exact) mass is 514 g/mol. The number of anilines is 2. The minimum absolute atomic E-state index is 0.145. The summed E-state index contributed by atoms with van der Waals surface area (Å²) in [6.07, 6.45) is 7.39. The normalized spacial score (nSPS) is 14.5. The van der Waals surface area contributed by atoms with Crippen LogP contribution in [0, 0.1) is 0 Å². The van der Waals surface area contributed by atoms with Crippen LogP contribution in [0.4, 0.5) is 21.0 Å². The van der Waals surface area contributed by atoms with Crippen LogP contribution in [-0.2, 0) is 32.1 Å². The largest absolute Gasteiger partial charge is 0.338 e. The average molecular weight is 515 g/mol. The molecule has 192 valence electrons. The summed E-state index contributed by atoms with van der Waals surface area (Å²) in [6, 6.07) is 19.7. The van der Waals surface area contributed by atoms with Gasteiger partial charge in [0.2, 0.25) is 0 Å². The molecule has 2 aliphatic carbocycles. The summed E-state index contributed by atoms with van der Waals surface area (Å²) in [7, 11) is -0.506. The zero-order valence-corrected chi connectivity index (χ0v) is 22.0. The molecule has 4 amide bonds. The van der Waals surface area contributed by atoms with Gasteiger partial charge in [-0.25, -0.2) is 9.59 Å². The Balaban J connectivity index is 1.15. The number of benzene rings is 3. The van der Waals surface area contributed by atoms with E-state index in [0.29, 0.717) is 6.54 Å². The maximum Gasteiger partial charge on any atom is 0.329 e.